The zero-order valence-corrected chi connectivity index (χ0v) is 14.8. The van der Waals surface area contributed by atoms with Crippen molar-refractivity contribution < 1.29 is 9.53 Å². The Morgan fingerprint density at radius 2 is 2.08 bits per heavy atom. The third-order valence-corrected chi connectivity index (χ3v) is 4.55. The molecule has 1 N–H and O–H groups in total. The molecule has 0 saturated heterocycles. The van der Waals surface area contributed by atoms with E-state index in [0.29, 0.717) is 10.8 Å². The van der Waals surface area contributed by atoms with Gasteiger partial charge >= 0.3 is 0 Å². The van der Waals surface area contributed by atoms with Crippen molar-refractivity contribution in [2.45, 2.75) is 13.8 Å². The van der Waals surface area contributed by atoms with E-state index in [2.05, 4.69) is 21.5 Å². The van der Waals surface area contributed by atoms with Gasteiger partial charge < -0.3 is 4.74 Å². The summed E-state index contributed by atoms with van der Waals surface area (Å²) in [6, 6.07) is 5.72. The van der Waals surface area contributed by atoms with Crippen LogP contribution in [-0.4, -0.2) is 27.8 Å². The van der Waals surface area contributed by atoms with Crippen LogP contribution in [-0.2, 0) is 7.05 Å². The molecule has 3 rings (SSSR count). The number of amides is 1. The molecule has 0 saturated carbocycles. The van der Waals surface area contributed by atoms with Crippen LogP contribution >= 0.6 is 11.3 Å². The Hall–Kier alpha value is -2.67. The van der Waals surface area contributed by atoms with Crippen molar-refractivity contribution in [3.8, 4) is 17.0 Å². The van der Waals surface area contributed by atoms with Gasteiger partial charge in [-0.15, -0.1) is 11.3 Å². The smallest absolute Gasteiger partial charge is 0.275 e. The maximum Gasteiger partial charge on any atom is 0.275 e. The molecule has 1 aromatic carbocycles. The SMILES string of the molecule is COc1cc(C)c(-c2csc(NC(=O)c3ccnn3C)n2)cc1C. The van der Waals surface area contributed by atoms with Gasteiger partial charge in [0.25, 0.3) is 5.91 Å². The zero-order chi connectivity index (χ0) is 17.3. The number of nitrogens with zero attached hydrogens (tertiary/aromatic N) is 3. The average Bonchev–Trinajstić information content (AvgIpc) is 3.18. The van der Waals surface area contributed by atoms with Crippen molar-refractivity contribution in [3.63, 3.8) is 0 Å². The number of hydrogen-bond acceptors (Lipinski definition) is 5. The van der Waals surface area contributed by atoms with Gasteiger partial charge in [0.15, 0.2) is 5.13 Å². The van der Waals surface area contributed by atoms with Crippen molar-refractivity contribution in [3.05, 3.63) is 46.6 Å². The third kappa shape index (κ3) is 3.03. The lowest BCUT2D eigenvalue weighted by molar-refractivity contribution is 0.101. The summed E-state index contributed by atoms with van der Waals surface area (Å²) in [4.78, 5) is 16.8. The van der Waals surface area contributed by atoms with E-state index in [1.165, 1.54) is 16.0 Å². The highest BCUT2D eigenvalue weighted by molar-refractivity contribution is 7.14. The van der Waals surface area contributed by atoms with E-state index in [1.54, 1.807) is 26.4 Å². The van der Waals surface area contributed by atoms with Crippen LogP contribution in [0.2, 0.25) is 0 Å². The largest absolute Gasteiger partial charge is 0.496 e. The van der Waals surface area contributed by atoms with Crippen LogP contribution in [0.4, 0.5) is 5.13 Å². The first-order valence-corrected chi connectivity index (χ1v) is 8.28. The van der Waals surface area contributed by atoms with Crippen molar-refractivity contribution in [2.24, 2.45) is 7.05 Å². The standard InChI is InChI=1S/C17H18N4O2S/c1-10-8-15(23-4)11(2)7-12(10)13-9-24-17(19-13)20-16(22)14-5-6-18-21(14)3/h5-9H,1-4H3,(H,19,20,22). The quantitative estimate of drug-likeness (QED) is 0.789. The normalized spacial score (nSPS) is 10.7. The van der Waals surface area contributed by atoms with Crippen LogP contribution < -0.4 is 10.1 Å². The summed E-state index contributed by atoms with van der Waals surface area (Å²) in [5, 5.41) is 9.31. The topological polar surface area (TPSA) is 69.0 Å². The molecule has 24 heavy (non-hydrogen) atoms. The van der Waals surface area contributed by atoms with E-state index in [-0.39, 0.29) is 5.91 Å². The number of methoxy groups -OCH3 is 1. The fraction of sp³-hybridized carbons (Fsp3) is 0.235. The first-order valence-electron chi connectivity index (χ1n) is 7.40. The second-order valence-electron chi connectivity index (χ2n) is 5.47. The van der Waals surface area contributed by atoms with Gasteiger partial charge in [-0.3, -0.25) is 14.8 Å². The number of anilines is 1. The van der Waals surface area contributed by atoms with E-state index in [9.17, 15) is 4.79 Å². The van der Waals surface area contributed by atoms with E-state index in [0.717, 1.165) is 28.1 Å². The van der Waals surface area contributed by atoms with Crippen LogP contribution in [0.15, 0.2) is 29.8 Å². The van der Waals surface area contributed by atoms with Gasteiger partial charge in [-0.05, 0) is 43.2 Å². The molecule has 0 radical (unpaired) electrons. The molecular formula is C17H18N4O2S. The molecular weight excluding hydrogens is 324 g/mol. The Morgan fingerprint density at radius 1 is 1.29 bits per heavy atom. The maximum absolute atomic E-state index is 12.2. The number of aryl methyl sites for hydroxylation is 3. The highest BCUT2D eigenvalue weighted by Crippen LogP contribution is 2.32. The Balaban J connectivity index is 1.85. The second-order valence-corrected chi connectivity index (χ2v) is 6.33. The van der Waals surface area contributed by atoms with Gasteiger partial charge in [-0.25, -0.2) is 4.98 Å². The monoisotopic (exact) mass is 342 g/mol. The summed E-state index contributed by atoms with van der Waals surface area (Å²) in [6.07, 6.45) is 1.59. The molecule has 1 amide bonds. The Labute approximate surface area is 144 Å². The number of rotatable bonds is 4. The number of ether oxygens (including phenoxy) is 1. The summed E-state index contributed by atoms with van der Waals surface area (Å²) < 4.78 is 6.87. The molecule has 0 aliphatic carbocycles. The van der Waals surface area contributed by atoms with Gasteiger partial charge in [0.2, 0.25) is 0 Å². The molecule has 124 valence electrons. The van der Waals surface area contributed by atoms with Gasteiger partial charge in [0, 0.05) is 24.2 Å². The number of benzene rings is 1. The zero-order valence-electron chi connectivity index (χ0n) is 14.0. The molecule has 0 aliphatic rings. The van der Waals surface area contributed by atoms with Crippen LogP contribution in [0, 0.1) is 13.8 Å². The van der Waals surface area contributed by atoms with E-state index >= 15 is 0 Å². The molecule has 6 nitrogen and oxygen atoms in total. The molecule has 7 heteroatoms. The summed E-state index contributed by atoms with van der Waals surface area (Å²) in [5.74, 6) is 0.634. The lowest BCUT2D eigenvalue weighted by atomic mass is 10.0. The third-order valence-electron chi connectivity index (χ3n) is 3.80. The number of thiazole rings is 1. The predicted octanol–water partition coefficient (Wildman–Crippen LogP) is 3.42. The molecule has 0 bridgehead atoms. The summed E-state index contributed by atoms with van der Waals surface area (Å²) in [7, 11) is 3.39. The minimum absolute atomic E-state index is 0.224. The summed E-state index contributed by atoms with van der Waals surface area (Å²) in [5.41, 5.74) is 4.48. The number of hydrogen-bond donors (Lipinski definition) is 1. The predicted molar refractivity (Wildman–Crippen MR) is 94.7 cm³/mol. The second kappa shape index (κ2) is 6.45. The number of carbonyl (C=O) groups is 1. The molecule has 2 aromatic heterocycles. The lowest BCUT2D eigenvalue weighted by Gasteiger charge is -2.09. The molecule has 2 heterocycles. The van der Waals surface area contributed by atoms with E-state index in [4.69, 9.17) is 4.74 Å². The van der Waals surface area contributed by atoms with Crippen molar-refractivity contribution >= 4 is 22.4 Å². The lowest BCUT2D eigenvalue weighted by Crippen LogP contribution is -2.15. The van der Waals surface area contributed by atoms with Crippen molar-refractivity contribution in [1.29, 1.82) is 0 Å². The highest BCUT2D eigenvalue weighted by atomic mass is 32.1. The first-order chi connectivity index (χ1) is 11.5. The number of aromatic nitrogens is 3. The summed E-state index contributed by atoms with van der Waals surface area (Å²) >= 11 is 1.40. The first kappa shape index (κ1) is 16.2. The van der Waals surface area contributed by atoms with Crippen LogP contribution in [0.3, 0.4) is 0 Å². The summed E-state index contributed by atoms with van der Waals surface area (Å²) in [6.45, 7) is 4.02. The van der Waals surface area contributed by atoms with Crippen molar-refractivity contribution in [2.75, 3.05) is 12.4 Å². The Kier molecular flexibility index (Phi) is 4.35. The number of carbonyl (C=O) groups excluding carboxylic acids is 1. The minimum Gasteiger partial charge on any atom is -0.496 e. The molecule has 0 aliphatic heterocycles. The fourth-order valence-corrected chi connectivity index (χ4v) is 3.20. The fourth-order valence-electron chi connectivity index (χ4n) is 2.50. The van der Waals surface area contributed by atoms with Crippen molar-refractivity contribution in [1.82, 2.24) is 14.8 Å². The van der Waals surface area contributed by atoms with Crippen LogP contribution in [0.1, 0.15) is 21.6 Å². The molecule has 0 unspecified atom stereocenters. The minimum atomic E-state index is -0.224. The molecule has 0 atom stereocenters. The van der Waals surface area contributed by atoms with Gasteiger partial charge in [-0.1, -0.05) is 0 Å². The molecule has 3 aromatic rings. The van der Waals surface area contributed by atoms with Crippen LogP contribution in [0.25, 0.3) is 11.3 Å². The highest BCUT2D eigenvalue weighted by Gasteiger charge is 2.14. The van der Waals surface area contributed by atoms with Gasteiger partial charge in [-0.2, -0.15) is 5.10 Å². The van der Waals surface area contributed by atoms with E-state index in [1.807, 2.05) is 25.3 Å². The Bertz CT molecular complexity index is 898. The molecule has 0 fully saturated rings. The van der Waals surface area contributed by atoms with Gasteiger partial charge in [0.05, 0.1) is 12.8 Å². The van der Waals surface area contributed by atoms with Gasteiger partial charge in [0.1, 0.15) is 11.4 Å². The average molecular weight is 342 g/mol. The van der Waals surface area contributed by atoms with E-state index < -0.39 is 0 Å². The maximum atomic E-state index is 12.2. The van der Waals surface area contributed by atoms with Crippen LogP contribution in [0.5, 0.6) is 5.75 Å². The number of nitrogens with one attached hydrogen (secondary N) is 1. The molecule has 0 spiro atoms. The Morgan fingerprint density at radius 3 is 2.75 bits per heavy atom.